The van der Waals surface area contributed by atoms with Crippen molar-refractivity contribution in [2.75, 3.05) is 0 Å². The molecule has 0 aliphatic rings. The summed E-state index contributed by atoms with van der Waals surface area (Å²) < 4.78 is 4.56. The minimum Gasteiger partial charge on any atom is -0.425 e. The SMILES string of the molecule is CC([O])c1nnco1. The Bertz CT molecular complexity index is 147. The van der Waals surface area contributed by atoms with Crippen molar-refractivity contribution < 1.29 is 9.52 Å². The largest absolute Gasteiger partial charge is 0.425 e. The van der Waals surface area contributed by atoms with Gasteiger partial charge in [0.2, 0.25) is 12.3 Å². The fraction of sp³-hybridized carbons (Fsp3) is 0.500. The molecule has 0 spiro atoms. The lowest BCUT2D eigenvalue weighted by molar-refractivity contribution is 0.0805. The first kappa shape index (κ1) is 5.24. The molecule has 0 N–H and O–H groups in total. The Morgan fingerprint density at radius 2 is 2.62 bits per heavy atom. The van der Waals surface area contributed by atoms with Gasteiger partial charge in [-0.05, 0) is 6.92 Å². The Hall–Kier alpha value is -0.900. The van der Waals surface area contributed by atoms with E-state index in [1.165, 1.54) is 6.92 Å². The van der Waals surface area contributed by atoms with Gasteiger partial charge in [-0.3, -0.25) is 0 Å². The van der Waals surface area contributed by atoms with Crippen molar-refractivity contribution in [2.45, 2.75) is 13.0 Å². The number of aromatic nitrogens is 2. The van der Waals surface area contributed by atoms with Crippen LogP contribution in [0.3, 0.4) is 0 Å². The highest BCUT2D eigenvalue weighted by Crippen LogP contribution is 2.05. The van der Waals surface area contributed by atoms with E-state index in [0.717, 1.165) is 6.39 Å². The van der Waals surface area contributed by atoms with E-state index in [9.17, 15) is 5.11 Å². The van der Waals surface area contributed by atoms with Gasteiger partial charge >= 0.3 is 0 Å². The Labute approximate surface area is 46.2 Å². The molecule has 0 aliphatic heterocycles. The first-order chi connectivity index (χ1) is 3.80. The number of nitrogens with zero attached hydrogens (tertiary/aromatic N) is 2. The lowest BCUT2D eigenvalue weighted by Crippen LogP contribution is -1.87. The molecule has 43 valence electrons. The molecule has 1 heterocycles. The van der Waals surface area contributed by atoms with Crippen LogP contribution in [0, 0.1) is 0 Å². The summed E-state index contributed by atoms with van der Waals surface area (Å²) in [6.07, 6.45) is 0.237. The van der Waals surface area contributed by atoms with Crippen LogP contribution in [0.4, 0.5) is 0 Å². The summed E-state index contributed by atoms with van der Waals surface area (Å²) >= 11 is 0. The minimum atomic E-state index is -0.905. The first-order valence-electron chi connectivity index (χ1n) is 2.22. The van der Waals surface area contributed by atoms with Gasteiger partial charge in [0.1, 0.15) is 0 Å². The second kappa shape index (κ2) is 1.92. The van der Waals surface area contributed by atoms with Crippen molar-refractivity contribution in [1.29, 1.82) is 0 Å². The fourth-order valence-electron chi connectivity index (χ4n) is 0.359. The zero-order chi connectivity index (χ0) is 5.98. The first-order valence-corrected chi connectivity index (χ1v) is 2.22. The zero-order valence-electron chi connectivity index (χ0n) is 4.37. The standard InChI is InChI=1S/C4H5N2O2/c1-3(7)4-6-5-2-8-4/h2-3H,1H3. The number of rotatable bonds is 1. The van der Waals surface area contributed by atoms with Gasteiger partial charge in [-0.25, -0.2) is 5.11 Å². The molecule has 0 fully saturated rings. The van der Waals surface area contributed by atoms with Gasteiger partial charge in [0.15, 0.2) is 6.10 Å². The molecule has 0 aromatic carbocycles. The Morgan fingerprint density at radius 1 is 1.88 bits per heavy atom. The van der Waals surface area contributed by atoms with Crippen molar-refractivity contribution in [1.82, 2.24) is 10.2 Å². The third kappa shape index (κ3) is 0.840. The molecule has 1 unspecified atom stereocenters. The van der Waals surface area contributed by atoms with E-state index in [2.05, 4.69) is 14.6 Å². The predicted molar refractivity (Wildman–Crippen MR) is 23.4 cm³/mol. The normalized spacial score (nSPS) is 13.8. The highest BCUT2D eigenvalue weighted by molar-refractivity contribution is 4.75. The molecule has 0 aliphatic carbocycles. The van der Waals surface area contributed by atoms with E-state index < -0.39 is 6.10 Å². The molecule has 1 aromatic rings. The van der Waals surface area contributed by atoms with Crippen LogP contribution >= 0.6 is 0 Å². The molecule has 0 saturated carbocycles. The highest BCUT2D eigenvalue weighted by atomic mass is 16.4. The summed E-state index contributed by atoms with van der Waals surface area (Å²) in [6.45, 7) is 1.45. The van der Waals surface area contributed by atoms with Crippen molar-refractivity contribution in [2.24, 2.45) is 0 Å². The summed E-state index contributed by atoms with van der Waals surface area (Å²) in [6, 6.07) is 0. The molecule has 0 bridgehead atoms. The van der Waals surface area contributed by atoms with Gasteiger partial charge in [-0.1, -0.05) is 0 Å². The second-order valence-corrected chi connectivity index (χ2v) is 1.42. The van der Waals surface area contributed by atoms with Gasteiger partial charge in [0, 0.05) is 0 Å². The zero-order valence-corrected chi connectivity index (χ0v) is 4.37. The molecule has 1 radical (unpaired) electrons. The highest BCUT2D eigenvalue weighted by Gasteiger charge is 2.05. The molecule has 8 heavy (non-hydrogen) atoms. The van der Waals surface area contributed by atoms with Crippen LogP contribution in [0.1, 0.15) is 18.9 Å². The Kier molecular flexibility index (Phi) is 1.26. The minimum absolute atomic E-state index is 0.144. The molecule has 0 saturated heterocycles. The van der Waals surface area contributed by atoms with Crippen molar-refractivity contribution in [3.8, 4) is 0 Å². The molecular formula is C4H5N2O2. The van der Waals surface area contributed by atoms with Crippen LogP contribution in [0.5, 0.6) is 0 Å². The quantitative estimate of drug-likeness (QED) is 0.534. The molecule has 0 amide bonds. The van der Waals surface area contributed by atoms with Crippen molar-refractivity contribution in [3.05, 3.63) is 12.3 Å². The van der Waals surface area contributed by atoms with Crippen molar-refractivity contribution in [3.63, 3.8) is 0 Å². The van der Waals surface area contributed by atoms with Gasteiger partial charge in [0.25, 0.3) is 0 Å². The summed E-state index contributed by atoms with van der Waals surface area (Å²) in [5, 5.41) is 17.1. The maximum Gasteiger partial charge on any atom is 0.247 e. The molecule has 1 aromatic heterocycles. The van der Waals surface area contributed by atoms with E-state index in [-0.39, 0.29) is 5.89 Å². The monoisotopic (exact) mass is 113 g/mol. The van der Waals surface area contributed by atoms with Crippen LogP contribution in [0.15, 0.2) is 10.8 Å². The van der Waals surface area contributed by atoms with Gasteiger partial charge in [-0.2, -0.15) is 0 Å². The van der Waals surface area contributed by atoms with Crippen molar-refractivity contribution >= 4 is 0 Å². The lowest BCUT2D eigenvalue weighted by Gasteiger charge is -1.87. The smallest absolute Gasteiger partial charge is 0.247 e. The average molecular weight is 113 g/mol. The summed E-state index contributed by atoms with van der Waals surface area (Å²) in [5.74, 6) is 0.144. The summed E-state index contributed by atoms with van der Waals surface area (Å²) in [4.78, 5) is 0. The number of hydrogen-bond acceptors (Lipinski definition) is 3. The van der Waals surface area contributed by atoms with Crippen LogP contribution in [-0.2, 0) is 5.11 Å². The van der Waals surface area contributed by atoms with Gasteiger partial charge in [0.05, 0.1) is 0 Å². The van der Waals surface area contributed by atoms with E-state index in [0.29, 0.717) is 0 Å². The summed E-state index contributed by atoms with van der Waals surface area (Å²) in [7, 11) is 0. The molecule has 4 nitrogen and oxygen atoms in total. The van der Waals surface area contributed by atoms with Gasteiger partial charge in [-0.15, -0.1) is 10.2 Å². The van der Waals surface area contributed by atoms with E-state index in [1.54, 1.807) is 0 Å². The van der Waals surface area contributed by atoms with Crippen LogP contribution in [-0.4, -0.2) is 10.2 Å². The third-order valence-corrected chi connectivity index (χ3v) is 0.725. The summed E-state index contributed by atoms with van der Waals surface area (Å²) in [5.41, 5.74) is 0. The van der Waals surface area contributed by atoms with Crippen LogP contribution < -0.4 is 0 Å². The second-order valence-electron chi connectivity index (χ2n) is 1.42. The van der Waals surface area contributed by atoms with Crippen LogP contribution in [0.25, 0.3) is 0 Å². The van der Waals surface area contributed by atoms with Gasteiger partial charge < -0.3 is 4.42 Å². The third-order valence-electron chi connectivity index (χ3n) is 0.725. The number of hydrogen-bond donors (Lipinski definition) is 0. The molecule has 1 rings (SSSR count). The lowest BCUT2D eigenvalue weighted by atomic mass is 10.4. The van der Waals surface area contributed by atoms with E-state index in [4.69, 9.17) is 0 Å². The molecule has 1 atom stereocenters. The molecular weight excluding hydrogens is 108 g/mol. The maximum atomic E-state index is 10.4. The maximum absolute atomic E-state index is 10.4. The topological polar surface area (TPSA) is 58.8 Å². The van der Waals surface area contributed by atoms with E-state index >= 15 is 0 Å². The Balaban J connectivity index is 2.77. The average Bonchev–Trinajstić information content (AvgIpc) is 2.12. The fourth-order valence-corrected chi connectivity index (χ4v) is 0.359. The molecule has 4 heteroatoms. The Morgan fingerprint density at radius 3 is 2.88 bits per heavy atom. The van der Waals surface area contributed by atoms with Crippen LogP contribution in [0.2, 0.25) is 0 Å². The van der Waals surface area contributed by atoms with E-state index in [1.807, 2.05) is 0 Å². The predicted octanol–water partition coefficient (Wildman–Crippen LogP) is 0.561.